The lowest BCUT2D eigenvalue weighted by atomic mass is 10.0. The second kappa shape index (κ2) is 17.2. The molecule has 2 amide bonds. The Kier molecular flexibility index (Phi) is 13.1. The molecule has 48 heavy (non-hydrogen) atoms. The summed E-state index contributed by atoms with van der Waals surface area (Å²) in [5.74, 6) is -0.216. The summed E-state index contributed by atoms with van der Waals surface area (Å²) in [5.41, 5.74) is 3.03. The van der Waals surface area contributed by atoms with Crippen LogP contribution in [0.1, 0.15) is 43.9 Å². The zero-order valence-electron chi connectivity index (χ0n) is 28.3. The number of sulfonamides is 1. The molecule has 0 saturated heterocycles. The maximum Gasteiger partial charge on any atom is 0.264 e. The van der Waals surface area contributed by atoms with Crippen molar-refractivity contribution in [2.24, 2.45) is 0 Å². The van der Waals surface area contributed by atoms with Gasteiger partial charge < -0.3 is 15.0 Å². The van der Waals surface area contributed by atoms with Crippen molar-refractivity contribution in [2.45, 2.75) is 69.0 Å². The Hall–Kier alpha value is -4.28. The van der Waals surface area contributed by atoms with Crippen molar-refractivity contribution < 1.29 is 22.7 Å². The monoisotopic (exact) mass is 687 g/mol. The van der Waals surface area contributed by atoms with Gasteiger partial charge in [0.25, 0.3) is 10.0 Å². The third-order valence-electron chi connectivity index (χ3n) is 8.07. The average molecular weight is 688 g/mol. The first-order valence-electron chi connectivity index (χ1n) is 16.1. The van der Waals surface area contributed by atoms with E-state index < -0.39 is 28.5 Å². The molecule has 4 aromatic rings. The van der Waals surface area contributed by atoms with Gasteiger partial charge in [-0.25, -0.2) is 8.42 Å². The molecule has 4 rings (SSSR count). The highest BCUT2D eigenvalue weighted by Gasteiger charge is 2.35. The summed E-state index contributed by atoms with van der Waals surface area (Å²) in [4.78, 5) is 31.2. The Morgan fingerprint density at radius 2 is 1.54 bits per heavy atom. The average Bonchev–Trinajstić information content (AvgIpc) is 3.09. The first-order valence-corrected chi connectivity index (χ1v) is 18.8. The van der Waals surface area contributed by atoms with Crippen LogP contribution in [0.3, 0.4) is 0 Å². The van der Waals surface area contributed by atoms with Crippen molar-refractivity contribution in [1.82, 2.24) is 10.2 Å². The minimum absolute atomic E-state index is 0.0579. The number of carbonyl (C=O) groups is 2. The molecule has 2 atom stereocenters. The molecule has 0 unspecified atom stereocenters. The number of hydrogen-bond donors (Lipinski definition) is 1. The fourth-order valence-electron chi connectivity index (χ4n) is 5.28. The molecule has 0 bridgehead atoms. The number of benzene rings is 4. The van der Waals surface area contributed by atoms with E-state index >= 15 is 0 Å². The van der Waals surface area contributed by atoms with E-state index in [-0.39, 0.29) is 29.8 Å². The van der Waals surface area contributed by atoms with Gasteiger partial charge in [-0.3, -0.25) is 13.9 Å². The van der Waals surface area contributed by atoms with Gasteiger partial charge >= 0.3 is 0 Å². The number of rotatable bonds is 16. The highest BCUT2D eigenvalue weighted by molar-refractivity contribution is 7.98. The van der Waals surface area contributed by atoms with E-state index in [0.717, 1.165) is 25.9 Å². The fourth-order valence-corrected chi connectivity index (χ4v) is 7.10. The molecule has 0 heterocycles. The van der Waals surface area contributed by atoms with Gasteiger partial charge in [-0.2, -0.15) is 0 Å². The Bertz CT molecular complexity index is 1750. The van der Waals surface area contributed by atoms with Crippen LogP contribution in [-0.2, 0) is 32.6 Å². The zero-order valence-corrected chi connectivity index (χ0v) is 29.9. The number of carbonyl (C=O) groups excluding carboxylic acids is 2. The van der Waals surface area contributed by atoms with E-state index in [1.807, 2.05) is 88.5 Å². The van der Waals surface area contributed by atoms with Crippen LogP contribution in [0.4, 0.5) is 5.69 Å². The summed E-state index contributed by atoms with van der Waals surface area (Å²) in [5, 5.41) is 3.07. The normalized spacial score (nSPS) is 12.5. The van der Waals surface area contributed by atoms with Gasteiger partial charge in [-0.15, -0.1) is 11.8 Å². The van der Waals surface area contributed by atoms with Gasteiger partial charge in [0.2, 0.25) is 11.8 Å². The molecule has 0 aliphatic rings. The Balaban J connectivity index is 1.81. The number of amides is 2. The fraction of sp³-hybridized carbons (Fsp3) is 0.316. The first kappa shape index (κ1) is 36.6. The van der Waals surface area contributed by atoms with E-state index in [1.54, 1.807) is 48.5 Å². The summed E-state index contributed by atoms with van der Waals surface area (Å²) < 4.78 is 35.4. The van der Waals surface area contributed by atoms with E-state index in [9.17, 15) is 18.0 Å². The molecule has 8 nitrogen and oxygen atoms in total. The molecule has 4 aromatic carbocycles. The maximum atomic E-state index is 14.7. The van der Waals surface area contributed by atoms with Crippen LogP contribution in [0, 0.1) is 6.92 Å². The summed E-state index contributed by atoms with van der Waals surface area (Å²) in [6.45, 7) is 7.80. The molecular weight excluding hydrogens is 643 g/mol. The largest absolute Gasteiger partial charge is 0.494 e. The number of anilines is 1. The molecule has 1 N–H and O–H groups in total. The summed E-state index contributed by atoms with van der Waals surface area (Å²) >= 11 is 1.51. The van der Waals surface area contributed by atoms with Gasteiger partial charge in [0, 0.05) is 23.9 Å². The Morgan fingerprint density at radius 3 is 2.15 bits per heavy atom. The van der Waals surface area contributed by atoms with E-state index in [4.69, 9.17) is 4.74 Å². The number of aryl methyl sites for hydroxylation is 1. The van der Waals surface area contributed by atoms with Crippen molar-refractivity contribution in [3.63, 3.8) is 0 Å². The molecule has 0 aliphatic heterocycles. The predicted octanol–water partition coefficient (Wildman–Crippen LogP) is 6.87. The molecule has 10 heteroatoms. The topological polar surface area (TPSA) is 96.0 Å². The maximum absolute atomic E-state index is 14.7. The van der Waals surface area contributed by atoms with Gasteiger partial charge in [-0.05, 0) is 93.1 Å². The number of nitrogens with one attached hydrogen (secondary N) is 1. The Morgan fingerprint density at radius 1 is 0.875 bits per heavy atom. The molecular formula is C38H45N3O5S2. The second-order valence-corrected chi connectivity index (χ2v) is 14.4. The highest BCUT2D eigenvalue weighted by atomic mass is 32.2. The van der Waals surface area contributed by atoms with Gasteiger partial charge in [0.05, 0.1) is 17.2 Å². The lowest BCUT2D eigenvalue weighted by Gasteiger charge is -2.34. The number of ether oxygens (including phenoxy) is 1. The molecule has 0 radical (unpaired) electrons. The lowest BCUT2D eigenvalue weighted by molar-refractivity contribution is -0.140. The predicted molar refractivity (Wildman–Crippen MR) is 194 cm³/mol. The van der Waals surface area contributed by atoms with E-state index in [1.165, 1.54) is 16.7 Å². The van der Waals surface area contributed by atoms with Crippen LogP contribution < -0.4 is 14.4 Å². The third-order valence-corrected chi connectivity index (χ3v) is 10.6. The zero-order chi connectivity index (χ0) is 34.7. The van der Waals surface area contributed by atoms with Crippen molar-refractivity contribution in [3.8, 4) is 5.75 Å². The smallest absolute Gasteiger partial charge is 0.264 e. The minimum Gasteiger partial charge on any atom is -0.494 e. The SMILES string of the molecule is CCOc1ccc(N(CC(=O)N(Cc2cccc(C)c2)[C@@H](Cc2ccccc2)C(=O)N[C@@H](C)CC)S(=O)(=O)c2ccc(SC)cc2)cc1. The van der Waals surface area contributed by atoms with Crippen LogP contribution >= 0.6 is 11.8 Å². The van der Waals surface area contributed by atoms with Crippen molar-refractivity contribution in [1.29, 1.82) is 0 Å². The van der Waals surface area contributed by atoms with Crippen molar-refractivity contribution >= 4 is 39.3 Å². The summed E-state index contributed by atoms with van der Waals surface area (Å²) in [6.07, 6.45) is 2.89. The van der Waals surface area contributed by atoms with Crippen LogP contribution in [0.2, 0.25) is 0 Å². The summed E-state index contributed by atoms with van der Waals surface area (Å²) in [7, 11) is -4.20. The number of hydrogen-bond acceptors (Lipinski definition) is 6. The Labute approximate surface area is 289 Å². The van der Waals surface area contributed by atoms with Crippen molar-refractivity contribution in [3.05, 3.63) is 120 Å². The summed E-state index contributed by atoms with van der Waals surface area (Å²) in [6, 6.07) is 29.5. The quantitative estimate of drug-likeness (QED) is 0.129. The van der Waals surface area contributed by atoms with Crippen LogP contribution in [0.5, 0.6) is 5.75 Å². The minimum atomic E-state index is -4.20. The van der Waals surface area contributed by atoms with Crippen LogP contribution in [-0.4, -0.2) is 56.6 Å². The number of thioether (sulfide) groups is 1. The van der Waals surface area contributed by atoms with Gasteiger partial charge in [0.15, 0.2) is 0 Å². The number of nitrogens with zero attached hydrogens (tertiary/aromatic N) is 2. The highest BCUT2D eigenvalue weighted by Crippen LogP contribution is 2.28. The van der Waals surface area contributed by atoms with Gasteiger partial charge in [0.1, 0.15) is 18.3 Å². The van der Waals surface area contributed by atoms with Gasteiger partial charge in [-0.1, -0.05) is 67.1 Å². The molecule has 0 aromatic heterocycles. The third kappa shape index (κ3) is 9.64. The standard InChI is InChI=1S/C38H45N3O5S2/c1-6-29(4)39-38(43)36(25-30-13-9-8-10-14-30)40(26-31-15-11-12-28(3)24-31)37(42)27-41(32-16-18-33(19-17-32)46-7-2)48(44,45)35-22-20-34(47-5)21-23-35/h8-24,29,36H,6-7,25-27H2,1-5H3,(H,39,43)/t29-,36-/m0/s1. The molecule has 0 aliphatic carbocycles. The molecule has 254 valence electrons. The molecule has 0 spiro atoms. The van der Waals surface area contributed by atoms with Crippen molar-refractivity contribution in [2.75, 3.05) is 23.7 Å². The van der Waals surface area contributed by atoms with E-state index in [2.05, 4.69) is 5.32 Å². The van der Waals surface area contributed by atoms with E-state index in [0.29, 0.717) is 24.5 Å². The molecule has 0 fully saturated rings. The van der Waals surface area contributed by atoms with Crippen LogP contribution in [0.25, 0.3) is 0 Å². The van der Waals surface area contributed by atoms with Crippen LogP contribution in [0.15, 0.2) is 113 Å². The second-order valence-electron chi connectivity index (χ2n) is 11.6. The molecule has 0 saturated carbocycles. The first-order chi connectivity index (χ1) is 23.0. The lowest BCUT2D eigenvalue weighted by Crippen LogP contribution is -2.54.